The predicted octanol–water partition coefficient (Wildman–Crippen LogP) is 6.32. The van der Waals surface area contributed by atoms with Crippen LogP contribution in [-0.2, 0) is 27.2 Å². The number of aromatic nitrogens is 1. The molecule has 4 aromatic rings. The first-order valence-electron chi connectivity index (χ1n) is 15.3. The number of nitrogens with one attached hydrogen (secondary N) is 2. The van der Waals surface area contributed by atoms with E-state index in [9.17, 15) is 9.59 Å². The van der Waals surface area contributed by atoms with E-state index >= 15 is 0 Å². The summed E-state index contributed by atoms with van der Waals surface area (Å²) in [6, 6.07) is 18.5. The fourth-order valence-electron chi connectivity index (χ4n) is 5.52. The molecule has 2 aromatic heterocycles. The number of H-pyrrole nitrogens is 1. The molecule has 0 amide bonds. The summed E-state index contributed by atoms with van der Waals surface area (Å²) >= 11 is 14.3. The number of methoxy groups -OCH3 is 2. The van der Waals surface area contributed by atoms with Gasteiger partial charge in [-0.3, -0.25) is 4.79 Å². The van der Waals surface area contributed by atoms with E-state index in [2.05, 4.69) is 15.2 Å². The summed E-state index contributed by atoms with van der Waals surface area (Å²) in [5.74, 6) is 0.331. The van der Waals surface area contributed by atoms with Crippen LogP contribution in [0.25, 0.3) is 0 Å². The number of nitrogens with zero attached hydrogens (tertiary/aromatic N) is 1. The monoisotopic (exact) mass is 715 g/mol. The lowest BCUT2D eigenvalue weighted by Crippen LogP contribution is -2.27. The van der Waals surface area contributed by atoms with Crippen molar-refractivity contribution in [3.05, 3.63) is 110 Å². The van der Waals surface area contributed by atoms with Crippen LogP contribution in [0.5, 0.6) is 11.5 Å². The van der Waals surface area contributed by atoms with Gasteiger partial charge in [-0.25, -0.2) is 9.78 Å². The minimum atomic E-state index is -0.725. The number of esters is 2. The maximum Gasteiger partial charge on any atom is 0.348 e. The van der Waals surface area contributed by atoms with Gasteiger partial charge in [0.25, 0.3) is 0 Å². The number of rotatable bonds is 14. The van der Waals surface area contributed by atoms with Gasteiger partial charge >= 0.3 is 11.9 Å². The van der Waals surface area contributed by atoms with E-state index in [1.165, 1.54) is 11.3 Å². The van der Waals surface area contributed by atoms with Gasteiger partial charge in [-0.1, -0.05) is 59.6 Å². The van der Waals surface area contributed by atoms with Crippen LogP contribution < -0.4 is 19.8 Å². The topological polar surface area (TPSA) is 130 Å². The molecule has 13 heteroatoms. The van der Waals surface area contributed by atoms with Crippen molar-refractivity contribution >= 4 is 46.5 Å². The molecule has 3 heterocycles. The number of halogens is 2. The highest BCUT2D eigenvalue weighted by Gasteiger charge is 2.27. The molecule has 5 rings (SSSR count). The van der Waals surface area contributed by atoms with E-state index in [-0.39, 0.29) is 36.4 Å². The number of carbonyl (C=O) groups is 2. The number of hydrogen-bond acceptors (Lipinski definition) is 10. The van der Waals surface area contributed by atoms with Gasteiger partial charge in [-0.05, 0) is 48.9 Å². The van der Waals surface area contributed by atoms with E-state index in [0.29, 0.717) is 44.1 Å². The number of benzene rings is 2. The Morgan fingerprint density at radius 2 is 1.73 bits per heavy atom. The molecule has 0 spiro atoms. The summed E-state index contributed by atoms with van der Waals surface area (Å²) in [5, 5.41) is 4.35. The fourth-order valence-corrected chi connectivity index (χ4v) is 6.89. The van der Waals surface area contributed by atoms with Crippen LogP contribution in [-0.4, -0.2) is 62.8 Å². The van der Waals surface area contributed by atoms with Crippen molar-refractivity contribution in [2.75, 3.05) is 34.4 Å². The van der Waals surface area contributed by atoms with Crippen LogP contribution in [0, 0.1) is 0 Å². The lowest BCUT2D eigenvalue weighted by Gasteiger charge is -2.20. The molecule has 2 aromatic carbocycles. The highest BCUT2D eigenvalue weighted by atomic mass is 35.5. The van der Waals surface area contributed by atoms with Crippen molar-refractivity contribution in [1.82, 2.24) is 10.2 Å². The number of likely N-dealkylation sites (tertiary alicyclic amines) is 1. The quantitative estimate of drug-likeness (QED) is 0.149. The molecule has 1 unspecified atom stereocenters. The van der Waals surface area contributed by atoms with Gasteiger partial charge in [0.2, 0.25) is 0 Å². The molecular formula is C35H39Cl2N3O7S. The second kappa shape index (κ2) is 17.6. The average Bonchev–Trinajstić information content (AvgIpc) is 3.73. The average molecular weight is 717 g/mol. The zero-order valence-corrected chi connectivity index (χ0v) is 29.2. The van der Waals surface area contributed by atoms with E-state index in [0.717, 1.165) is 30.0 Å². The highest BCUT2D eigenvalue weighted by molar-refractivity contribution is 7.13. The SMILES string of the molecule is COc1ccc([C@H](Cc2c(Cl)c[nH+]cc2Cl)OC(=O)c2ccc(CNC(CC(=O)O[C@@H]3CCN(C)C3)c3ccccc3)s2)cc1OC.[OH-]. The molecule has 0 saturated carbocycles. The minimum Gasteiger partial charge on any atom is -0.870 e. The molecule has 1 aliphatic rings. The summed E-state index contributed by atoms with van der Waals surface area (Å²) < 4.78 is 22.8. The Kier molecular flexibility index (Phi) is 13.6. The maximum atomic E-state index is 13.5. The van der Waals surface area contributed by atoms with Crippen molar-refractivity contribution in [1.29, 1.82) is 0 Å². The number of pyridine rings is 1. The Morgan fingerprint density at radius 3 is 2.40 bits per heavy atom. The summed E-state index contributed by atoms with van der Waals surface area (Å²) in [6.45, 7) is 2.12. The largest absolute Gasteiger partial charge is 0.870 e. The molecule has 48 heavy (non-hydrogen) atoms. The first-order valence-corrected chi connectivity index (χ1v) is 16.8. The van der Waals surface area contributed by atoms with Crippen molar-refractivity contribution in [2.45, 2.75) is 44.1 Å². The number of aromatic amines is 1. The minimum absolute atomic E-state index is 0. The second-order valence-corrected chi connectivity index (χ2v) is 13.3. The van der Waals surface area contributed by atoms with Gasteiger partial charge in [0.15, 0.2) is 23.9 Å². The van der Waals surface area contributed by atoms with Gasteiger partial charge in [0.05, 0.1) is 20.6 Å². The van der Waals surface area contributed by atoms with Crippen LogP contribution >= 0.6 is 34.5 Å². The van der Waals surface area contributed by atoms with Crippen LogP contribution in [0.2, 0.25) is 10.0 Å². The smallest absolute Gasteiger partial charge is 0.348 e. The van der Waals surface area contributed by atoms with E-state index in [4.69, 9.17) is 42.1 Å². The predicted molar refractivity (Wildman–Crippen MR) is 183 cm³/mol. The lowest BCUT2D eigenvalue weighted by molar-refractivity contribution is -0.377. The molecule has 1 saturated heterocycles. The van der Waals surface area contributed by atoms with Gasteiger partial charge < -0.3 is 34.6 Å². The Labute approximate surface area is 294 Å². The Bertz CT molecular complexity index is 1650. The summed E-state index contributed by atoms with van der Waals surface area (Å²) in [5.41, 5.74) is 2.31. The molecular weight excluding hydrogens is 677 g/mol. The van der Waals surface area contributed by atoms with Gasteiger partial charge in [-0.15, -0.1) is 11.3 Å². The number of hydrogen-bond donors (Lipinski definition) is 1. The van der Waals surface area contributed by atoms with E-state index in [1.54, 1.807) is 44.8 Å². The van der Waals surface area contributed by atoms with Gasteiger partial charge in [0.1, 0.15) is 27.1 Å². The Balaban J connectivity index is 0.00000520. The molecule has 10 nitrogen and oxygen atoms in total. The third-order valence-electron chi connectivity index (χ3n) is 8.02. The highest BCUT2D eigenvalue weighted by Crippen LogP contribution is 2.36. The normalized spacial score (nSPS) is 15.6. The standard InChI is InChI=1S/C35H37Cl2N3O6S.H2O/c1-40-14-13-24(21-40)45-34(41)17-29(22-7-5-4-6-8-22)39-18-25-10-12-33(47-25)35(42)46-31(16-26-27(36)19-38-20-28(26)37)23-9-11-30(43-2)32(15-23)44-3;/h4-12,15,19-20,24,29,31,39H,13-14,16-18,21H2,1-3H3;1H2/t24-,29?,31+;/m1./s1. The zero-order chi connectivity index (χ0) is 33.3. The number of thiophene rings is 1. The Morgan fingerprint density at radius 1 is 1.00 bits per heavy atom. The number of carbonyl (C=O) groups excluding carboxylic acids is 2. The first-order chi connectivity index (χ1) is 22.7. The van der Waals surface area contributed by atoms with Crippen molar-refractivity contribution in [3.8, 4) is 11.5 Å². The molecule has 1 fully saturated rings. The van der Waals surface area contributed by atoms with E-state index in [1.807, 2.05) is 49.5 Å². The van der Waals surface area contributed by atoms with E-state index < -0.39 is 12.1 Å². The molecule has 0 radical (unpaired) electrons. The molecule has 3 atom stereocenters. The molecule has 3 N–H and O–H groups in total. The number of likely N-dealkylation sites (N-methyl/N-ethyl adjacent to an activating group) is 1. The third kappa shape index (κ3) is 9.68. The van der Waals surface area contributed by atoms with Crippen molar-refractivity contribution < 1.29 is 39.0 Å². The Hall–Kier alpha value is -3.71. The fraction of sp³-hybridized carbons (Fsp3) is 0.343. The molecule has 1 aliphatic heterocycles. The van der Waals surface area contributed by atoms with Crippen molar-refractivity contribution in [3.63, 3.8) is 0 Å². The molecule has 0 bridgehead atoms. The van der Waals surface area contributed by atoms with Crippen LogP contribution in [0.15, 0.2) is 73.1 Å². The molecule has 0 aliphatic carbocycles. The first kappa shape index (κ1) is 37.1. The maximum absolute atomic E-state index is 13.5. The molecule has 256 valence electrons. The van der Waals surface area contributed by atoms with Crippen molar-refractivity contribution in [2.24, 2.45) is 0 Å². The van der Waals surface area contributed by atoms with Crippen LogP contribution in [0.3, 0.4) is 0 Å². The zero-order valence-electron chi connectivity index (χ0n) is 26.9. The summed E-state index contributed by atoms with van der Waals surface area (Å²) in [6.07, 6.45) is 3.73. The number of ether oxygens (including phenoxy) is 4. The second-order valence-electron chi connectivity index (χ2n) is 11.3. The third-order valence-corrected chi connectivity index (χ3v) is 9.76. The lowest BCUT2D eigenvalue weighted by atomic mass is 10.0. The summed E-state index contributed by atoms with van der Waals surface area (Å²) in [7, 11) is 5.13. The van der Waals surface area contributed by atoms with Gasteiger partial charge in [-0.2, -0.15) is 0 Å². The summed E-state index contributed by atoms with van der Waals surface area (Å²) in [4.78, 5) is 32.8. The van der Waals surface area contributed by atoms with Crippen LogP contribution in [0.4, 0.5) is 0 Å². The van der Waals surface area contributed by atoms with Crippen LogP contribution in [0.1, 0.15) is 56.2 Å². The van der Waals surface area contributed by atoms with Gasteiger partial charge in [0, 0.05) is 42.5 Å².